The van der Waals surface area contributed by atoms with Crippen LogP contribution in [0.2, 0.25) is 0 Å². The fraction of sp³-hybridized carbons (Fsp3) is 0.625. The number of carbonyl (C=O) groups is 1. The second-order valence-corrected chi connectivity index (χ2v) is 2.32. The molecular weight excluding hydrogens is 144 g/mol. The molecule has 0 radical (unpaired) electrons. The van der Waals surface area contributed by atoms with E-state index in [0.29, 0.717) is 6.61 Å². The van der Waals surface area contributed by atoms with Gasteiger partial charge in [0.05, 0.1) is 13.7 Å². The van der Waals surface area contributed by atoms with Crippen molar-refractivity contribution in [2.45, 2.75) is 6.42 Å². The first-order chi connectivity index (χ1) is 5.33. The molecular formula is C8H10O3. The predicted molar refractivity (Wildman–Crippen MR) is 38.7 cm³/mol. The minimum absolute atomic E-state index is 0.217. The Labute approximate surface area is 65.7 Å². The zero-order chi connectivity index (χ0) is 8.10. The molecule has 1 atom stereocenters. The van der Waals surface area contributed by atoms with Gasteiger partial charge in [-0.1, -0.05) is 5.92 Å². The third kappa shape index (κ3) is 2.60. The lowest BCUT2D eigenvalue weighted by Crippen LogP contribution is -1.99. The molecule has 0 aromatic carbocycles. The summed E-state index contributed by atoms with van der Waals surface area (Å²) < 4.78 is 9.43. The monoisotopic (exact) mass is 154 g/mol. The smallest absolute Gasteiger partial charge is 0.384 e. The van der Waals surface area contributed by atoms with Gasteiger partial charge in [0.1, 0.15) is 0 Å². The van der Waals surface area contributed by atoms with Gasteiger partial charge in [-0.25, -0.2) is 4.79 Å². The van der Waals surface area contributed by atoms with Crippen molar-refractivity contribution >= 4 is 5.97 Å². The Morgan fingerprint density at radius 1 is 1.73 bits per heavy atom. The molecule has 1 aliphatic heterocycles. The number of rotatable bonds is 0. The highest BCUT2D eigenvalue weighted by Crippen LogP contribution is 2.09. The zero-order valence-electron chi connectivity index (χ0n) is 6.42. The van der Waals surface area contributed by atoms with Gasteiger partial charge in [0.2, 0.25) is 0 Å². The van der Waals surface area contributed by atoms with Crippen molar-refractivity contribution < 1.29 is 14.3 Å². The van der Waals surface area contributed by atoms with Crippen LogP contribution in [0.25, 0.3) is 0 Å². The summed E-state index contributed by atoms with van der Waals surface area (Å²) in [6, 6.07) is 0. The summed E-state index contributed by atoms with van der Waals surface area (Å²) in [5, 5.41) is 0. The molecule has 1 saturated heterocycles. The molecule has 1 rings (SSSR count). The summed E-state index contributed by atoms with van der Waals surface area (Å²) in [5.74, 6) is 4.91. The minimum Gasteiger partial charge on any atom is -0.459 e. The molecule has 0 spiro atoms. The van der Waals surface area contributed by atoms with E-state index >= 15 is 0 Å². The van der Waals surface area contributed by atoms with Gasteiger partial charge in [0, 0.05) is 18.4 Å². The number of ether oxygens (including phenoxy) is 2. The van der Waals surface area contributed by atoms with E-state index in [-0.39, 0.29) is 5.92 Å². The van der Waals surface area contributed by atoms with Gasteiger partial charge in [-0.2, -0.15) is 0 Å². The molecule has 1 heterocycles. The molecule has 1 fully saturated rings. The molecule has 0 aromatic rings. The molecule has 0 saturated carbocycles. The van der Waals surface area contributed by atoms with E-state index in [9.17, 15) is 4.79 Å². The Morgan fingerprint density at radius 2 is 2.55 bits per heavy atom. The summed E-state index contributed by atoms with van der Waals surface area (Å²) >= 11 is 0. The van der Waals surface area contributed by atoms with Gasteiger partial charge in [-0.05, 0) is 6.42 Å². The third-order valence-electron chi connectivity index (χ3n) is 1.49. The molecule has 1 aliphatic rings. The Hall–Kier alpha value is -1.01. The van der Waals surface area contributed by atoms with Crippen LogP contribution in [-0.2, 0) is 14.3 Å². The fourth-order valence-electron chi connectivity index (χ4n) is 0.860. The standard InChI is InChI=1S/C8H10O3/c1-10-8(9)3-2-7-4-5-11-6-7/h7H,4-6H2,1H3. The first-order valence-corrected chi connectivity index (χ1v) is 3.50. The lowest BCUT2D eigenvalue weighted by atomic mass is 10.1. The number of hydrogen-bond acceptors (Lipinski definition) is 3. The average molecular weight is 154 g/mol. The third-order valence-corrected chi connectivity index (χ3v) is 1.49. The van der Waals surface area contributed by atoms with Crippen LogP contribution in [-0.4, -0.2) is 26.3 Å². The van der Waals surface area contributed by atoms with Crippen LogP contribution < -0.4 is 0 Å². The van der Waals surface area contributed by atoms with Crippen molar-refractivity contribution in [3.05, 3.63) is 0 Å². The van der Waals surface area contributed by atoms with E-state index in [4.69, 9.17) is 4.74 Å². The molecule has 1 unspecified atom stereocenters. The van der Waals surface area contributed by atoms with Crippen molar-refractivity contribution in [3.8, 4) is 11.8 Å². The van der Waals surface area contributed by atoms with Crippen molar-refractivity contribution in [2.24, 2.45) is 5.92 Å². The van der Waals surface area contributed by atoms with Crippen LogP contribution in [0.3, 0.4) is 0 Å². The first-order valence-electron chi connectivity index (χ1n) is 3.50. The highest BCUT2D eigenvalue weighted by Gasteiger charge is 2.12. The van der Waals surface area contributed by atoms with Gasteiger partial charge in [-0.15, -0.1) is 0 Å². The minimum atomic E-state index is -0.475. The fourth-order valence-corrected chi connectivity index (χ4v) is 0.860. The number of esters is 1. The maximum atomic E-state index is 10.5. The molecule has 0 bridgehead atoms. The van der Waals surface area contributed by atoms with E-state index in [1.54, 1.807) is 0 Å². The van der Waals surface area contributed by atoms with Crippen LogP contribution in [0.4, 0.5) is 0 Å². The second-order valence-electron chi connectivity index (χ2n) is 2.32. The van der Waals surface area contributed by atoms with Gasteiger partial charge in [0.15, 0.2) is 0 Å². The average Bonchev–Trinajstić information content (AvgIpc) is 2.52. The Balaban J connectivity index is 2.36. The lowest BCUT2D eigenvalue weighted by molar-refractivity contribution is -0.133. The van der Waals surface area contributed by atoms with Gasteiger partial charge < -0.3 is 9.47 Å². The predicted octanol–water partition coefficient (Wildman–Crippen LogP) is 0.199. The Bertz CT molecular complexity index is 193. The largest absolute Gasteiger partial charge is 0.459 e. The zero-order valence-corrected chi connectivity index (χ0v) is 6.42. The maximum absolute atomic E-state index is 10.5. The van der Waals surface area contributed by atoms with E-state index in [0.717, 1.165) is 13.0 Å². The normalized spacial score (nSPS) is 22.1. The van der Waals surface area contributed by atoms with E-state index in [2.05, 4.69) is 16.6 Å². The van der Waals surface area contributed by atoms with Crippen LogP contribution >= 0.6 is 0 Å². The number of hydrogen-bond donors (Lipinski definition) is 0. The Morgan fingerprint density at radius 3 is 3.09 bits per heavy atom. The van der Waals surface area contributed by atoms with Gasteiger partial charge in [0.25, 0.3) is 0 Å². The van der Waals surface area contributed by atoms with Crippen LogP contribution in [0, 0.1) is 17.8 Å². The molecule has 0 aliphatic carbocycles. The topological polar surface area (TPSA) is 35.5 Å². The van der Waals surface area contributed by atoms with Crippen LogP contribution in [0.5, 0.6) is 0 Å². The van der Waals surface area contributed by atoms with E-state index in [1.165, 1.54) is 7.11 Å². The molecule has 0 amide bonds. The van der Waals surface area contributed by atoms with Crippen LogP contribution in [0.15, 0.2) is 0 Å². The van der Waals surface area contributed by atoms with E-state index < -0.39 is 5.97 Å². The van der Waals surface area contributed by atoms with Crippen molar-refractivity contribution in [3.63, 3.8) is 0 Å². The summed E-state index contributed by atoms with van der Waals surface area (Å²) in [4.78, 5) is 10.5. The van der Waals surface area contributed by atoms with Crippen molar-refractivity contribution in [2.75, 3.05) is 20.3 Å². The SMILES string of the molecule is COC(=O)C#CC1CCOC1. The molecule has 11 heavy (non-hydrogen) atoms. The van der Waals surface area contributed by atoms with Crippen LogP contribution in [0.1, 0.15) is 6.42 Å². The molecule has 3 heteroatoms. The van der Waals surface area contributed by atoms with Crippen molar-refractivity contribution in [1.29, 1.82) is 0 Å². The highest BCUT2D eigenvalue weighted by molar-refractivity contribution is 5.88. The maximum Gasteiger partial charge on any atom is 0.384 e. The lowest BCUT2D eigenvalue weighted by Gasteiger charge is -1.92. The second kappa shape index (κ2) is 3.99. The first kappa shape index (κ1) is 8.09. The molecule has 0 aromatic heterocycles. The Kier molecular flexibility index (Phi) is 2.94. The summed E-state index contributed by atoms with van der Waals surface area (Å²) in [5.41, 5.74) is 0. The summed E-state index contributed by atoms with van der Waals surface area (Å²) in [7, 11) is 1.32. The van der Waals surface area contributed by atoms with Gasteiger partial charge in [-0.3, -0.25) is 0 Å². The summed E-state index contributed by atoms with van der Waals surface area (Å²) in [6.45, 7) is 1.39. The summed E-state index contributed by atoms with van der Waals surface area (Å²) in [6.07, 6.45) is 0.921. The molecule has 0 N–H and O–H groups in total. The molecule has 3 nitrogen and oxygen atoms in total. The highest BCUT2D eigenvalue weighted by atomic mass is 16.5. The van der Waals surface area contributed by atoms with E-state index in [1.807, 2.05) is 0 Å². The molecule has 60 valence electrons. The van der Waals surface area contributed by atoms with Crippen molar-refractivity contribution in [1.82, 2.24) is 0 Å². The number of methoxy groups -OCH3 is 1. The number of carbonyl (C=O) groups excluding carboxylic acids is 1. The van der Waals surface area contributed by atoms with Gasteiger partial charge >= 0.3 is 5.97 Å². The quantitative estimate of drug-likeness (QED) is 0.284.